The molecule has 0 aliphatic carbocycles. The molecule has 1 heterocycles. The Bertz CT molecular complexity index is 1010. The van der Waals surface area contributed by atoms with Crippen molar-refractivity contribution in [3.8, 4) is 0 Å². The van der Waals surface area contributed by atoms with Crippen LogP contribution in [0.4, 0.5) is 10.5 Å². The molecule has 2 N–H and O–H groups in total. The summed E-state index contributed by atoms with van der Waals surface area (Å²) in [4.78, 5) is 50.3. The molecule has 7 heteroatoms. The molecule has 2 aromatic rings. The summed E-state index contributed by atoms with van der Waals surface area (Å²) in [6.45, 7) is 6.79. The SMILES string of the molecule is CC(=O)c1cccc(NC(=O)CN2C(=O)N[C@](C)(c3ccc(C(C)C)cc3)C2=O)c1. The second-order valence-electron chi connectivity index (χ2n) is 7.91. The highest BCUT2D eigenvalue weighted by molar-refractivity contribution is 6.10. The van der Waals surface area contributed by atoms with Gasteiger partial charge in [-0.25, -0.2) is 4.79 Å². The summed E-state index contributed by atoms with van der Waals surface area (Å²) in [5, 5.41) is 5.33. The van der Waals surface area contributed by atoms with Crippen LogP contribution in [0.2, 0.25) is 0 Å². The maximum atomic E-state index is 13.0. The van der Waals surface area contributed by atoms with E-state index in [2.05, 4.69) is 24.5 Å². The summed E-state index contributed by atoms with van der Waals surface area (Å²) in [6.07, 6.45) is 0. The van der Waals surface area contributed by atoms with Gasteiger partial charge in [0.05, 0.1) is 0 Å². The number of nitrogens with zero attached hydrogens (tertiary/aromatic N) is 1. The number of hydrogen-bond donors (Lipinski definition) is 2. The molecular formula is C23H25N3O4. The Morgan fingerprint density at radius 1 is 1.10 bits per heavy atom. The minimum Gasteiger partial charge on any atom is -0.325 e. The molecule has 2 aromatic carbocycles. The van der Waals surface area contributed by atoms with E-state index in [4.69, 9.17) is 0 Å². The van der Waals surface area contributed by atoms with Gasteiger partial charge in [0, 0.05) is 11.3 Å². The maximum absolute atomic E-state index is 13.0. The predicted octanol–water partition coefficient (Wildman–Crippen LogP) is 3.42. The molecule has 4 amide bonds. The lowest BCUT2D eigenvalue weighted by atomic mass is 9.90. The van der Waals surface area contributed by atoms with Crippen molar-refractivity contribution < 1.29 is 19.2 Å². The zero-order valence-electron chi connectivity index (χ0n) is 17.5. The quantitative estimate of drug-likeness (QED) is 0.567. The molecule has 30 heavy (non-hydrogen) atoms. The number of amides is 4. The molecule has 1 aliphatic heterocycles. The zero-order valence-corrected chi connectivity index (χ0v) is 17.5. The lowest BCUT2D eigenvalue weighted by molar-refractivity contribution is -0.133. The van der Waals surface area contributed by atoms with Crippen molar-refractivity contribution in [2.45, 2.75) is 39.2 Å². The number of benzene rings is 2. The number of hydrogen-bond acceptors (Lipinski definition) is 4. The van der Waals surface area contributed by atoms with E-state index in [1.54, 1.807) is 31.2 Å². The van der Waals surface area contributed by atoms with Gasteiger partial charge in [-0.2, -0.15) is 0 Å². The largest absolute Gasteiger partial charge is 0.325 e. The lowest BCUT2D eigenvalue weighted by Crippen LogP contribution is -2.42. The first-order valence-electron chi connectivity index (χ1n) is 9.77. The van der Waals surface area contributed by atoms with Gasteiger partial charge in [-0.15, -0.1) is 0 Å². The Labute approximate surface area is 175 Å². The Morgan fingerprint density at radius 3 is 2.37 bits per heavy atom. The van der Waals surface area contributed by atoms with Gasteiger partial charge in [-0.05, 0) is 43.0 Å². The summed E-state index contributed by atoms with van der Waals surface area (Å²) in [6, 6.07) is 13.4. The minimum absolute atomic E-state index is 0.126. The number of anilines is 1. The molecule has 0 bridgehead atoms. The first kappa shape index (κ1) is 21.2. The highest BCUT2D eigenvalue weighted by atomic mass is 16.2. The summed E-state index contributed by atoms with van der Waals surface area (Å²) < 4.78 is 0. The van der Waals surface area contributed by atoms with Gasteiger partial charge >= 0.3 is 6.03 Å². The van der Waals surface area contributed by atoms with Crippen LogP contribution in [0.25, 0.3) is 0 Å². The van der Waals surface area contributed by atoms with Gasteiger partial charge in [0.2, 0.25) is 5.91 Å². The predicted molar refractivity (Wildman–Crippen MR) is 113 cm³/mol. The van der Waals surface area contributed by atoms with E-state index in [1.807, 2.05) is 24.3 Å². The number of imide groups is 1. The fourth-order valence-corrected chi connectivity index (χ4v) is 3.40. The summed E-state index contributed by atoms with van der Waals surface area (Å²) in [5.74, 6) is -0.794. The van der Waals surface area contributed by atoms with E-state index in [0.29, 0.717) is 22.7 Å². The van der Waals surface area contributed by atoms with E-state index < -0.39 is 29.9 Å². The van der Waals surface area contributed by atoms with Gasteiger partial charge < -0.3 is 10.6 Å². The van der Waals surface area contributed by atoms with Gasteiger partial charge in [0.1, 0.15) is 12.1 Å². The Morgan fingerprint density at radius 2 is 1.77 bits per heavy atom. The van der Waals surface area contributed by atoms with E-state index in [0.717, 1.165) is 10.5 Å². The molecule has 0 unspecified atom stereocenters. The van der Waals surface area contributed by atoms with Crippen LogP contribution < -0.4 is 10.6 Å². The molecule has 3 rings (SSSR count). The molecule has 1 aliphatic rings. The number of nitrogens with one attached hydrogen (secondary N) is 2. The van der Waals surface area contributed by atoms with Crippen LogP contribution in [0.1, 0.15) is 55.1 Å². The van der Waals surface area contributed by atoms with Crippen molar-refractivity contribution in [3.05, 3.63) is 65.2 Å². The number of carbonyl (C=O) groups excluding carboxylic acids is 4. The second-order valence-corrected chi connectivity index (χ2v) is 7.91. The second kappa shape index (κ2) is 8.10. The van der Waals surface area contributed by atoms with Crippen LogP contribution in [-0.2, 0) is 15.1 Å². The van der Waals surface area contributed by atoms with Crippen LogP contribution in [0.15, 0.2) is 48.5 Å². The van der Waals surface area contributed by atoms with E-state index in [1.165, 1.54) is 6.92 Å². The maximum Gasteiger partial charge on any atom is 0.325 e. The van der Waals surface area contributed by atoms with Crippen molar-refractivity contribution in [1.82, 2.24) is 10.2 Å². The number of urea groups is 1. The highest BCUT2D eigenvalue weighted by Gasteiger charge is 2.49. The summed E-state index contributed by atoms with van der Waals surface area (Å²) in [5.41, 5.74) is 1.43. The highest BCUT2D eigenvalue weighted by Crippen LogP contribution is 2.30. The molecule has 1 atom stereocenters. The monoisotopic (exact) mass is 407 g/mol. The Balaban J connectivity index is 1.73. The molecule has 0 aromatic heterocycles. The lowest BCUT2D eigenvalue weighted by Gasteiger charge is -2.22. The number of ketones is 1. The number of carbonyl (C=O) groups is 4. The molecule has 0 radical (unpaired) electrons. The van der Waals surface area contributed by atoms with Crippen molar-refractivity contribution in [1.29, 1.82) is 0 Å². The van der Waals surface area contributed by atoms with Crippen LogP contribution >= 0.6 is 0 Å². The minimum atomic E-state index is -1.23. The van der Waals surface area contributed by atoms with Crippen molar-refractivity contribution in [3.63, 3.8) is 0 Å². The standard InChI is InChI=1S/C23H25N3O4/c1-14(2)16-8-10-18(11-9-16)23(4)21(29)26(22(30)25-23)13-20(28)24-19-7-5-6-17(12-19)15(3)27/h5-12,14H,13H2,1-4H3,(H,24,28)(H,25,30)/t23-/m1/s1. The average molecular weight is 407 g/mol. The Hall–Kier alpha value is -3.48. The van der Waals surface area contributed by atoms with Crippen LogP contribution in [0.5, 0.6) is 0 Å². The number of rotatable bonds is 6. The van der Waals surface area contributed by atoms with Crippen LogP contribution in [0.3, 0.4) is 0 Å². The first-order valence-corrected chi connectivity index (χ1v) is 9.77. The summed E-state index contributed by atoms with van der Waals surface area (Å²) in [7, 11) is 0. The van der Waals surface area contributed by atoms with Crippen LogP contribution in [-0.4, -0.2) is 35.1 Å². The molecule has 156 valence electrons. The third kappa shape index (κ3) is 4.10. The smallest absolute Gasteiger partial charge is 0.325 e. The number of Topliss-reactive ketones (excluding diaryl/α,β-unsaturated/α-hetero) is 1. The first-order chi connectivity index (χ1) is 14.1. The van der Waals surface area contributed by atoms with Crippen molar-refractivity contribution in [2.24, 2.45) is 0 Å². The Kier molecular flexibility index (Phi) is 5.73. The fourth-order valence-electron chi connectivity index (χ4n) is 3.40. The van der Waals surface area contributed by atoms with E-state index in [9.17, 15) is 19.2 Å². The topological polar surface area (TPSA) is 95.6 Å². The molecule has 0 saturated carbocycles. The van der Waals surface area contributed by atoms with Crippen molar-refractivity contribution in [2.75, 3.05) is 11.9 Å². The fraction of sp³-hybridized carbons (Fsp3) is 0.304. The van der Waals surface area contributed by atoms with Gasteiger partial charge in [-0.3, -0.25) is 19.3 Å². The third-order valence-electron chi connectivity index (χ3n) is 5.28. The zero-order chi connectivity index (χ0) is 22.1. The van der Waals surface area contributed by atoms with Gasteiger partial charge in [0.25, 0.3) is 5.91 Å². The van der Waals surface area contributed by atoms with E-state index in [-0.39, 0.29) is 5.78 Å². The molecular weight excluding hydrogens is 382 g/mol. The third-order valence-corrected chi connectivity index (χ3v) is 5.28. The van der Waals surface area contributed by atoms with Gasteiger partial charge in [-0.1, -0.05) is 50.2 Å². The van der Waals surface area contributed by atoms with E-state index >= 15 is 0 Å². The molecule has 0 spiro atoms. The normalized spacial score (nSPS) is 18.5. The van der Waals surface area contributed by atoms with Crippen LogP contribution in [0, 0.1) is 0 Å². The molecule has 7 nitrogen and oxygen atoms in total. The van der Waals surface area contributed by atoms with Gasteiger partial charge in [0.15, 0.2) is 5.78 Å². The molecule has 1 fully saturated rings. The molecule has 1 saturated heterocycles. The van der Waals surface area contributed by atoms with Crippen molar-refractivity contribution >= 4 is 29.3 Å². The summed E-state index contributed by atoms with van der Waals surface area (Å²) >= 11 is 0. The average Bonchev–Trinajstić information content (AvgIpc) is 2.92.